The number of carbonyl (C=O) groups excluding carboxylic acids is 1. The molecule has 3 rings (SSSR count). The Morgan fingerprint density at radius 1 is 1.30 bits per heavy atom. The van der Waals surface area contributed by atoms with Gasteiger partial charge in [-0.05, 0) is 31.2 Å². The van der Waals surface area contributed by atoms with Gasteiger partial charge < -0.3 is 21.5 Å². The van der Waals surface area contributed by atoms with Crippen molar-refractivity contribution in [3.05, 3.63) is 53.1 Å². The number of pyridine rings is 1. The van der Waals surface area contributed by atoms with Gasteiger partial charge >= 0.3 is 6.11 Å². The molecule has 1 aromatic carbocycles. The molecule has 30 heavy (non-hydrogen) atoms. The van der Waals surface area contributed by atoms with E-state index in [0.717, 1.165) is 31.3 Å². The van der Waals surface area contributed by atoms with E-state index in [9.17, 15) is 18.0 Å². The molecule has 2 atom stereocenters. The zero-order valence-electron chi connectivity index (χ0n) is 15.3. The lowest BCUT2D eigenvalue weighted by Crippen LogP contribution is -2.52. The summed E-state index contributed by atoms with van der Waals surface area (Å²) in [4.78, 5) is 19.3. The Kier molecular flexibility index (Phi) is 5.09. The van der Waals surface area contributed by atoms with E-state index in [-0.39, 0.29) is 22.6 Å². The van der Waals surface area contributed by atoms with Crippen molar-refractivity contribution in [2.45, 2.75) is 24.9 Å². The van der Waals surface area contributed by atoms with Crippen molar-refractivity contribution in [2.75, 3.05) is 11.1 Å². The van der Waals surface area contributed by atoms with Crippen LogP contribution in [0.4, 0.5) is 28.9 Å². The number of nitrogens with two attached hydrogens (primary N) is 2. The van der Waals surface area contributed by atoms with Crippen LogP contribution >= 0.6 is 0 Å². The molecule has 2 unspecified atom stereocenters. The fraction of sp³-hybridized carbons (Fsp3) is 0.222. The van der Waals surface area contributed by atoms with Gasteiger partial charge in [0.05, 0.1) is 16.8 Å². The van der Waals surface area contributed by atoms with E-state index in [2.05, 4.69) is 20.0 Å². The first kappa shape index (κ1) is 21.0. The highest BCUT2D eigenvalue weighted by Crippen LogP contribution is 2.42. The summed E-state index contributed by atoms with van der Waals surface area (Å²) in [5, 5.41) is 11.1. The van der Waals surface area contributed by atoms with Gasteiger partial charge in [0.15, 0.2) is 11.5 Å². The number of hydrogen-bond donors (Lipinski definition) is 3. The Bertz CT molecular complexity index is 1100. The summed E-state index contributed by atoms with van der Waals surface area (Å²) in [5.74, 6) is -6.47. The average molecular weight is 422 g/mol. The van der Waals surface area contributed by atoms with Gasteiger partial charge in [-0.1, -0.05) is 0 Å². The van der Waals surface area contributed by atoms with Crippen molar-refractivity contribution < 1.29 is 27.1 Å². The summed E-state index contributed by atoms with van der Waals surface area (Å²) in [7, 11) is 0. The maximum atomic E-state index is 15.4. The molecular weight excluding hydrogens is 408 g/mol. The molecular formula is C18H14F4N6O2. The molecule has 1 amide bonds. The number of amidine groups is 1. The van der Waals surface area contributed by atoms with Crippen molar-refractivity contribution in [1.29, 1.82) is 5.26 Å². The maximum absolute atomic E-state index is 15.4. The predicted octanol–water partition coefficient (Wildman–Crippen LogP) is 2.42. The highest BCUT2D eigenvalue weighted by molar-refractivity contribution is 6.06. The zero-order chi connectivity index (χ0) is 22.3. The molecule has 0 fully saturated rings. The third kappa shape index (κ3) is 3.62. The number of benzene rings is 1. The number of nitrogens with one attached hydrogen (secondary N) is 1. The summed E-state index contributed by atoms with van der Waals surface area (Å²) in [6.07, 6.45) is -4.77. The first-order chi connectivity index (χ1) is 14.0. The third-order valence-electron chi connectivity index (χ3n) is 4.31. The van der Waals surface area contributed by atoms with Crippen LogP contribution in [-0.4, -0.2) is 28.9 Å². The van der Waals surface area contributed by atoms with Crippen molar-refractivity contribution in [1.82, 2.24) is 4.98 Å². The molecule has 2 heterocycles. The standard InChI is InChI=1S/C18H14F4N6O2/c1-8-17(20,28-16(25)18(21,22)30-8)11-5-10(2-3-12(11)19)27-15(29)14-13(24)4-9(6-23)7-26-14/h2-5,7-8H,24H2,1H3,(H2,25,28)(H,27,29). The monoisotopic (exact) mass is 422 g/mol. The number of hydrogen-bond acceptors (Lipinski definition) is 7. The zero-order valence-corrected chi connectivity index (χ0v) is 15.3. The van der Waals surface area contributed by atoms with Crippen LogP contribution in [0.25, 0.3) is 0 Å². The Balaban J connectivity index is 1.96. The van der Waals surface area contributed by atoms with Crippen LogP contribution < -0.4 is 16.8 Å². The van der Waals surface area contributed by atoms with Crippen molar-refractivity contribution in [3.63, 3.8) is 0 Å². The Hall–Kier alpha value is -3.72. The quantitative estimate of drug-likeness (QED) is 0.513. The van der Waals surface area contributed by atoms with E-state index in [0.29, 0.717) is 0 Å². The van der Waals surface area contributed by atoms with Crippen LogP contribution in [-0.2, 0) is 10.5 Å². The number of aliphatic imine (C=N–C) groups is 1. The number of rotatable bonds is 3. The summed E-state index contributed by atoms with van der Waals surface area (Å²) in [6.45, 7) is 0.940. The fourth-order valence-corrected chi connectivity index (χ4v) is 2.77. The number of anilines is 2. The minimum Gasteiger partial charge on any atom is -0.397 e. The van der Waals surface area contributed by atoms with E-state index in [4.69, 9.17) is 16.7 Å². The first-order valence-corrected chi connectivity index (χ1v) is 8.35. The first-order valence-electron chi connectivity index (χ1n) is 8.35. The van der Waals surface area contributed by atoms with Crippen molar-refractivity contribution in [3.8, 4) is 6.07 Å². The van der Waals surface area contributed by atoms with Gasteiger partial charge in [0.2, 0.25) is 0 Å². The normalized spacial score (nSPS) is 22.7. The highest BCUT2D eigenvalue weighted by Gasteiger charge is 2.53. The molecule has 1 aliphatic heterocycles. The Morgan fingerprint density at radius 2 is 2.00 bits per heavy atom. The summed E-state index contributed by atoms with van der Waals surface area (Å²) in [6, 6.07) is 5.82. The molecule has 0 bridgehead atoms. The topological polar surface area (TPSA) is 139 Å². The second-order valence-electron chi connectivity index (χ2n) is 6.37. The van der Waals surface area contributed by atoms with Crippen LogP contribution in [0, 0.1) is 17.1 Å². The minimum atomic E-state index is -4.00. The number of halogens is 4. The largest absolute Gasteiger partial charge is 0.415 e. The van der Waals surface area contributed by atoms with Crippen LogP contribution in [0.2, 0.25) is 0 Å². The van der Waals surface area contributed by atoms with Crippen molar-refractivity contribution in [2.24, 2.45) is 10.7 Å². The maximum Gasteiger partial charge on any atom is 0.415 e. The molecule has 1 aromatic heterocycles. The summed E-state index contributed by atoms with van der Waals surface area (Å²) >= 11 is 0. The molecule has 0 saturated carbocycles. The lowest BCUT2D eigenvalue weighted by atomic mass is 9.97. The van der Waals surface area contributed by atoms with Gasteiger partial charge in [-0.15, -0.1) is 0 Å². The number of alkyl halides is 3. The average Bonchev–Trinajstić information content (AvgIpc) is 2.67. The number of nitrogens with zero attached hydrogens (tertiary/aromatic N) is 3. The molecule has 156 valence electrons. The molecule has 1 aliphatic rings. The minimum absolute atomic E-state index is 0.0928. The van der Waals surface area contributed by atoms with Crippen LogP contribution in [0.5, 0.6) is 0 Å². The van der Waals surface area contributed by atoms with Gasteiger partial charge in [0.1, 0.15) is 18.0 Å². The van der Waals surface area contributed by atoms with Gasteiger partial charge in [0.25, 0.3) is 11.7 Å². The molecule has 5 N–H and O–H groups in total. The van der Waals surface area contributed by atoms with Gasteiger partial charge in [-0.3, -0.25) is 4.79 Å². The number of amides is 1. The van der Waals surface area contributed by atoms with E-state index in [1.807, 2.05) is 0 Å². The summed E-state index contributed by atoms with van der Waals surface area (Å²) in [5.41, 5.74) is 9.70. The fourth-order valence-electron chi connectivity index (χ4n) is 2.77. The smallest absolute Gasteiger partial charge is 0.397 e. The van der Waals surface area contributed by atoms with Crippen molar-refractivity contribution >= 4 is 23.1 Å². The molecule has 0 spiro atoms. The molecule has 8 nitrogen and oxygen atoms in total. The number of nitriles is 1. The van der Waals surface area contributed by atoms with Crippen LogP contribution in [0.3, 0.4) is 0 Å². The van der Waals surface area contributed by atoms with Gasteiger partial charge in [0, 0.05) is 11.9 Å². The van der Waals surface area contributed by atoms with E-state index < -0.39 is 41.1 Å². The van der Waals surface area contributed by atoms with Gasteiger partial charge in [-0.2, -0.15) is 14.0 Å². The summed E-state index contributed by atoms with van der Waals surface area (Å²) < 4.78 is 61.0. The highest BCUT2D eigenvalue weighted by atomic mass is 19.3. The van der Waals surface area contributed by atoms with Crippen LogP contribution in [0.15, 0.2) is 35.5 Å². The molecule has 0 saturated heterocycles. The lowest BCUT2D eigenvalue weighted by Gasteiger charge is -2.36. The lowest BCUT2D eigenvalue weighted by molar-refractivity contribution is -0.248. The van der Waals surface area contributed by atoms with Gasteiger partial charge in [-0.25, -0.2) is 18.8 Å². The SMILES string of the molecule is CC1OC(F)(F)C(N)=NC1(F)c1cc(NC(=O)c2ncc(C#N)cc2N)ccc1F. The van der Waals surface area contributed by atoms with E-state index in [1.54, 1.807) is 6.07 Å². The molecule has 2 aromatic rings. The Morgan fingerprint density at radius 3 is 2.63 bits per heavy atom. The molecule has 12 heteroatoms. The number of aromatic nitrogens is 1. The third-order valence-corrected chi connectivity index (χ3v) is 4.31. The van der Waals surface area contributed by atoms with E-state index in [1.165, 1.54) is 6.07 Å². The molecule has 0 aliphatic carbocycles. The van der Waals surface area contributed by atoms with E-state index >= 15 is 4.39 Å². The number of nitrogen functional groups attached to an aromatic ring is 1. The second-order valence-corrected chi connectivity index (χ2v) is 6.37. The number of ether oxygens (including phenoxy) is 1. The predicted molar refractivity (Wildman–Crippen MR) is 97.6 cm³/mol. The molecule has 0 radical (unpaired) electrons. The number of carbonyl (C=O) groups is 1. The second kappa shape index (κ2) is 7.27. The Labute approximate surface area is 167 Å². The van der Waals surface area contributed by atoms with Crippen LogP contribution in [0.1, 0.15) is 28.5 Å².